The van der Waals surface area contributed by atoms with Gasteiger partial charge in [-0.25, -0.2) is 13.1 Å². The summed E-state index contributed by atoms with van der Waals surface area (Å²) in [5.41, 5.74) is 12.1. The van der Waals surface area contributed by atoms with Crippen molar-refractivity contribution in [3.63, 3.8) is 0 Å². The Labute approximate surface area is 221 Å². The largest absolute Gasteiger partial charge is 0.481 e. The average molecular weight is 560 g/mol. The van der Waals surface area contributed by atoms with E-state index >= 15 is 0 Å². The van der Waals surface area contributed by atoms with E-state index in [1.165, 1.54) is 60.7 Å². The third-order valence-corrected chi connectivity index (χ3v) is 8.52. The van der Waals surface area contributed by atoms with Crippen molar-refractivity contribution in [3.8, 4) is 0 Å². The lowest BCUT2D eigenvalue weighted by Gasteiger charge is -2.22. The van der Waals surface area contributed by atoms with Crippen molar-refractivity contribution in [2.24, 2.45) is 16.6 Å². The molecule has 0 amide bonds. The number of aryl methyl sites for hydroxylation is 1. The van der Waals surface area contributed by atoms with Crippen LogP contribution < -0.4 is 20.6 Å². The first kappa shape index (κ1) is 28.6. The number of guanidine groups is 1. The molecule has 6 N–H and O–H groups in total. The minimum atomic E-state index is -4.27. The van der Waals surface area contributed by atoms with Crippen LogP contribution in [0, 0.1) is 0 Å². The summed E-state index contributed by atoms with van der Waals surface area (Å²) >= 11 is 0. The fourth-order valence-electron chi connectivity index (χ4n) is 3.69. The molecule has 202 valence electrons. The first-order valence-corrected chi connectivity index (χ1v) is 14.5. The lowest BCUT2D eigenvalue weighted by Crippen LogP contribution is -2.33. The third-order valence-electron chi connectivity index (χ3n) is 5.42. The molecule has 0 aromatic heterocycles. The Kier molecular flexibility index (Phi) is 9.09. The van der Waals surface area contributed by atoms with Gasteiger partial charge in [0.1, 0.15) is 0 Å². The Hall–Kier alpha value is -3.94. The summed E-state index contributed by atoms with van der Waals surface area (Å²) in [6.07, 6.45) is 1.09. The van der Waals surface area contributed by atoms with Gasteiger partial charge in [-0.1, -0.05) is 55.8 Å². The quantitative estimate of drug-likeness (QED) is 0.148. The molecule has 0 saturated heterocycles. The summed E-state index contributed by atoms with van der Waals surface area (Å²) in [7, 11) is -8.39. The highest BCUT2D eigenvalue weighted by Gasteiger charge is 2.28. The van der Waals surface area contributed by atoms with Gasteiger partial charge in [0, 0.05) is 0 Å². The summed E-state index contributed by atoms with van der Waals surface area (Å²) in [6.45, 7) is 2.01. The number of hydrogen-bond acceptors (Lipinski definition) is 6. The lowest BCUT2D eigenvalue weighted by atomic mass is 10.0. The summed E-state index contributed by atoms with van der Waals surface area (Å²) in [5.74, 6) is -1.80. The highest BCUT2D eigenvalue weighted by molar-refractivity contribution is 7.92. The van der Waals surface area contributed by atoms with Crippen molar-refractivity contribution in [3.05, 3.63) is 90.0 Å². The summed E-state index contributed by atoms with van der Waals surface area (Å²) in [4.78, 5) is 11.5. The molecule has 0 aliphatic rings. The highest BCUT2D eigenvalue weighted by Crippen LogP contribution is 2.29. The van der Waals surface area contributed by atoms with Crippen LogP contribution in [0.1, 0.15) is 36.9 Å². The minimum Gasteiger partial charge on any atom is -0.481 e. The van der Waals surface area contributed by atoms with E-state index in [0.29, 0.717) is 4.41 Å². The Balaban J connectivity index is 2.02. The van der Waals surface area contributed by atoms with Crippen molar-refractivity contribution in [1.82, 2.24) is 4.72 Å². The van der Waals surface area contributed by atoms with E-state index in [4.69, 9.17) is 11.5 Å². The van der Waals surface area contributed by atoms with E-state index in [9.17, 15) is 26.7 Å². The smallest absolute Gasteiger partial charge is 0.305 e. The first-order valence-electron chi connectivity index (χ1n) is 11.6. The van der Waals surface area contributed by atoms with Crippen molar-refractivity contribution >= 4 is 37.7 Å². The summed E-state index contributed by atoms with van der Waals surface area (Å²) in [5, 5.41) is 13.3. The number of nitrogens with one attached hydrogen (secondary N) is 1. The molecule has 3 rings (SSSR count). The molecule has 38 heavy (non-hydrogen) atoms. The van der Waals surface area contributed by atoms with Gasteiger partial charge >= 0.3 is 5.97 Å². The van der Waals surface area contributed by atoms with Crippen molar-refractivity contribution in [1.29, 1.82) is 0 Å². The predicted molar refractivity (Wildman–Crippen MR) is 144 cm³/mol. The minimum absolute atomic E-state index is 0.0294. The number of carboxylic acids is 1. The number of nitrogens with two attached hydrogens (primary N) is 2. The molecule has 0 fully saturated rings. The Bertz CT molecular complexity index is 1510. The second-order valence-electron chi connectivity index (χ2n) is 8.35. The zero-order valence-electron chi connectivity index (χ0n) is 20.6. The van der Waals surface area contributed by atoms with Gasteiger partial charge in [-0.15, -0.1) is 5.10 Å². The fraction of sp³-hybridized carbons (Fsp3) is 0.200. The van der Waals surface area contributed by atoms with Crippen LogP contribution in [0.15, 0.2) is 93.8 Å². The molecule has 0 aliphatic heterocycles. The number of hydrazone groups is 1. The van der Waals surface area contributed by atoms with Gasteiger partial charge in [0.25, 0.3) is 10.0 Å². The maximum atomic E-state index is 13.3. The Morgan fingerprint density at radius 1 is 0.947 bits per heavy atom. The van der Waals surface area contributed by atoms with Crippen LogP contribution in [0.3, 0.4) is 0 Å². The van der Waals surface area contributed by atoms with Gasteiger partial charge in [-0.3, -0.25) is 4.79 Å². The molecule has 1 atom stereocenters. The van der Waals surface area contributed by atoms with Gasteiger partial charge in [-0.2, -0.15) is 12.8 Å². The lowest BCUT2D eigenvalue weighted by molar-refractivity contribution is -0.137. The number of hydrogen-bond donors (Lipinski definition) is 4. The Morgan fingerprint density at radius 3 is 2.18 bits per heavy atom. The van der Waals surface area contributed by atoms with E-state index in [1.807, 2.05) is 6.92 Å². The number of carboxylic acid groups (broad SMARTS) is 1. The van der Waals surface area contributed by atoms with E-state index in [0.717, 1.165) is 18.4 Å². The second kappa shape index (κ2) is 12.1. The van der Waals surface area contributed by atoms with Crippen LogP contribution in [-0.4, -0.2) is 33.9 Å². The van der Waals surface area contributed by atoms with E-state index < -0.39 is 44.4 Å². The fourth-order valence-corrected chi connectivity index (χ4v) is 6.21. The molecular weight excluding hydrogens is 530 g/mol. The summed E-state index contributed by atoms with van der Waals surface area (Å²) in [6, 6.07) is 18.1. The van der Waals surface area contributed by atoms with Crippen LogP contribution in [0.5, 0.6) is 0 Å². The molecule has 0 radical (unpaired) electrons. The van der Waals surface area contributed by atoms with Crippen molar-refractivity contribution in [2.75, 3.05) is 4.41 Å². The van der Waals surface area contributed by atoms with E-state index in [-0.39, 0.29) is 21.0 Å². The summed E-state index contributed by atoms with van der Waals surface area (Å²) < 4.78 is 55.9. The van der Waals surface area contributed by atoms with Crippen LogP contribution in [0.4, 0.5) is 5.69 Å². The highest BCUT2D eigenvalue weighted by atomic mass is 32.2. The molecule has 0 aliphatic carbocycles. The van der Waals surface area contributed by atoms with Crippen molar-refractivity contribution < 1.29 is 26.7 Å². The van der Waals surface area contributed by atoms with Crippen LogP contribution in [0.2, 0.25) is 0 Å². The normalized spacial score (nSPS) is 12.4. The molecule has 13 heteroatoms. The van der Waals surface area contributed by atoms with E-state index in [1.54, 1.807) is 18.2 Å². The number of rotatable bonds is 12. The van der Waals surface area contributed by atoms with Gasteiger partial charge < -0.3 is 16.6 Å². The number of carbonyl (C=O) groups is 1. The topological polar surface area (TPSA) is 185 Å². The molecule has 3 aromatic carbocycles. The molecule has 0 heterocycles. The predicted octanol–water partition coefficient (Wildman–Crippen LogP) is 2.52. The van der Waals surface area contributed by atoms with Crippen LogP contribution >= 0.6 is 0 Å². The molecule has 0 spiro atoms. The Morgan fingerprint density at radius 2 is 1.61 bits per heavy atom. The molecule has 0 bridgehead atoms. The molecule has 1 unspecified atom stereocenters. The zero-order valence-corrected chi connectivity index (χ0v) is 22.2. The van der Waals surface area contributed by atoms with Crippen LogP contribution in [0.25, 0.3) is 0 Å². The monoisotopic (exact) mass is 559 g/mol. The maximum Gasteiger partial charge on any atom is 0.305 e. The molecule has 3 aromatic rings. The standard InChI is InChI=1S/C25H29N5O6S2/c1-2-7-18-12-14-21(15-13-18)37(33,34)29-23(17-24(31)32)19-8-6-9-20(16-19)30(28-25(26)27)38(35,36)22-10-4-3-5-11-22/h3-6,8-16,23,29H,2,7,17H2,1H3,(H,31,32)(H4,26,27,28). The third kappa shape index (κ3) is 7.09. The number of nitrogens with zero attached hydrogens (tertiary/aromatic N) is 2. The maximum absolute atomic E-state index is 13.3. The zero-order chi connectivity index (χ0) is 27.9. The average Bonchev–Trinajstić information content (AvgIpc) is 2.87. The van der Waals surface area contributed by atoms with Gasteiger partial charge in [-0.05, 0) is 53.9 Å². The van der Waals surface area contributed by atoms with Gasteiger partial charge in [0.15, 0.2) is 0 Å². The van der Waals surface area contributed by atoms with E-state index in [2.05, 4.69) is 9.82 Å². The van der Waals surface area contributed by atoms with Gasteiger partial charge in [0.2, 0.25) is 16.0 Å². The number of anilines is 1. The first-order chi connectivity index (χ1) is 17.9. The second-order valence-corrected chi connectivity index (χ2v) is 11.8. The molecule has 11 nitrogen and oxygen atoms in total. The van der Waals surface area contributed by atoms with Crippen molar-refractivity contribution in [2.45, 2.75) is 42.0 Å². The van der Waals surface area contributed by atoms with Gasteiger partial charge in [0.05, 0.1) is 27.9 Å². The SMILES string of the molecule is CCCc1ccc(S(=O)(=O)NC(CC(=O)O)c2cccc(N(N=C(N)N)S(=O)(=O)c3ccccc3)c2)cc1. The number of benzene rings is 3. The number of aliphatic carboxylic acids is 1. The number of sulfonamides is 2. The molecule has 0 saturated carbocycles. The van der Waals surface area contributed by atoms with Crippen LogP contribution in [-0.2, 0) is 31.3 Å². The molecular formula is C25H29N5O6S2.